The summed E-state index contributed by atoms with van der Waals surface area (Å²) in [4.78, 5) is 25.0. The zero-order chi connectivity index (χ0) is 15.5. The van der Waals surface area contributed by atoms with Crippen LogP contribution in [0.25, 0.3) is 0 Å². The smallest absolute Gasteiger partial charge is 0.350 e. The second kappa shape index (κ2) is 6.14. The van der Waals surface area contributed by atoms with E-state index >= 15 is 0 Å². The van der Waals surface area contributed by atoms with Crippen molar-refractivity contribution in [2.75, 3.05) is 30.4 Å². The van der Waals surface area contributed by atoms with Crippen LogP contribution in [0, 0.1) is 6.92 Å². The van der Waals surface area contributed by atoms with Crippen molar-refractivity contribution in [1.82, 2.24) is 15.0 Å². The molecule has 0 unspecified atom stereocenters. The molecule has 9 heteroatoms. The Morgan fingerprint density at radius 3 is 3.23 bits per heavy atom. The van der Waals surface area contributed by atoms with Gasteiger partial charge in [-0.25, -0.2) is 14.8 Å². The summed E-state index contributed by atoms with van der Waals surface area (Å²) in [5.41, 5.74) is 0.616. The molecule has 3 rings (SSSR count). The number of anilines is 3. The first-order valence-corrected chi connectivity index (χ1v) is 7.64. The number of hydrogen-bond donors (Lipinski definition) is 2. The Kier molecular flexibility index (Phi) is 4.05. The first kappa shape index (κ1) is 14.5. The lowest BCUT2D eigenvalue weighted by Gasteiger charge is -2.17. The fraction of sp³-hybridized carbons (Fsp3) is 0.385. The normalized spacial score (nSPS) is 12.8. The van der Waals surface area contributed by atoms with Gasteiger partial charge < -0.3 is 14.8 Å². The summed E-state index contributed by atoms with van der Waals surface area (Å²) >= 11 is 1.21. The average molecular weight is 321 g/mol. The highest BCUT2D eigenvalue weighted by molar-refractivity contribution is 7.17. The van der Waals surface area contributed by atoms with Gasteiger partial charge in [-0.1, -0.05) is 11.3 Å². The topological polar surface area (TPSA) is 98.3 Å². The number of ether oxygens (including phenoxy) is 2. The number of aromatic nitrogens is 3. The number of esters is 1. The monoisotopic (exact) mass is 321 g/mol. The quantitative estimate of drug-likeness (QED) is 0.825. The molecule has 0 aliphatic carbocycles. The Labute approximate surface area is 130 Å². The van der Waals surface area contributed by atoms with Crippen LogP contribution in [0.2, 0.25) is 0 Å². The molecule has 0 radical (unpaired) electrons. The summed E-state index contributed by atoms with van der Waals surface area (Å²) in [5.74, 6) is 1.29. The predicted octanol–water partition coefficient (Wildman–Crippen LogP) is 1.97. The number of hydrogen-bond acceptors (Lipinski definition) is 9. The van der Waals surface area contributed by atoms with E-state index in [0.29, 0.717) is 53.0 Å². The lowest BCUT2D eigenvalue weighted by Crippen LogP contribution is -2.19. The highest BCUT2D eigenvalue weighted by Crippen LogP contribution is 2.28. The number of nitrogens with zero attached hydrogens (tertiary/aromatic N) is 3. The molecule has 0 saturated carbocycles. The van der Waals surface area contributed by atoms with Crippen LogP contribution in [0.3, 0.4) is 0 Å². The Morgan fingerprint density at radius 1 is 1.55 bits per heavy atom. The number of nitrogens with one attached hydrogen (secondary N) is 2. The fourth-order valence-electron chi connectivity index (χ4n) is 1.93. The van der Waals surface area contributed by atoms with Gasteiger partial charge in [0.25, 0.3) is 0 Å². The third-order valence-corrected chi connectivity index (χ3v) is 3.94. The van der Waals surface area contributed by atoms with E-state index < -0.39 is 0 Å². The van der Waals surface area contributed by atoms with Gasteiger partial charge in [0.1, 0.15) is 11.5 Å². The SMILES string of the molecule is CCOC(=O)c1sc(Nc2ncc3c(n2)NCCO3)nc1C. The third-order valence-electron chi connectivity index (χ3n) is 2.88. The number of rotatable bonds is 4. The molecule has 8 nitrogen and oxygen atoms in total. The van der Waals surface area contributed by atoms with Crippen molar-refractivity contribution in [1.29, 1.82) is 0 Å². The molecule has 1 aliphatic rings. The Hall–Kier alpha value is -2.42. The van der Waals surface area contributed by atoms with Gasteiger partial charge in [0.05, 0.1) is 25.0 Å². The molecule has 3 heterocycles. The number of aryl methyl sites for hydroxylation is 1. The molecular formula is C13H15N5O3S. The van der Waals surface area contributed by atoms with E-state index in [1.165, 1.54) is 11.3 Å². The molecule has 0 bridgehead atoms. The summed E-state index contributed by atoms with van der Waals surface area (Å²) in [7, 11) is 0. The molecule has 22 heavy (non-hydrogen) atoms. The zero-order valence-corrected chi connectivity index (χ0v) is 13.0. The number of carbonyl (C=O) groups is 1. The number of fused-ring (bicyclic) bond motifs is 1. The van der Waals surface area contributed by atoms with E-state index in [0.717, 1.165) is 0 Å². The molecule has 0 spiro atoms. The minimum absolute atomic E-state index is 0.332. The van der Waals surface area contributed by atoms with Crippen LogP contribution in [0.15, 0.2) is 6.20 Å². The molecule has 1 aliphatic heterocycles. The van der Waals surface area contributed by atoms with Crippen LogP contribution >= 0.6 is 11.3 Å². The first-order chi connectivity index (χ1) is 10.7. The van der Waals surface area contributed by atoms with E-state index in [9.17, 15) is 4.79 Å². The summed E-state index contributed by atoms with van der Waals surface area (Å²) in [5, 5.41) is 6.67. The molecule has 2 N–H and O–H groups in total. The van der Waals surface area contributed by atoms with Gasteiger partial charge >= 0.3 is 5.97 Å². The van der Waals surface area contributed by atoms with Gasteiger partial charge in [-0.05, 0) is 13.8 Å². The van der Waals surface area contributed by atoms with Crippen molar-refractivity contribution in [3.8, 4) is 5.75 Å². The lowest BCUT2D eigenvalue weighted by atomic mass is 10.4. The molecule has 0 amide bonds. The van der Waals surface area contributed by atoms with Gasteiger partial charge in [0.2, 0.25) is 5.95 Å². The maximum atomic E-state index is 11.8. The van der Waals surface area contributed by atoms with Gasteiger partial charge in [-0.3, -0.25) is 5.32 Å². The van der Waals surface area contributed by atoms with Crippen molar-refractivity contribution < 1.29 is 14.3 Å². The van der Waals surface area contributed by atoms with Crippen molar-refractivity contribution in [3.63, 3.8) is 0 Å². The second-order valence-corrected chi connectivity index (χ2v) is 5.46. The maximum Gasteiger partial charge on any atom is 0.350 e. The lowest BCUT2D eigenvalue weighted by molar-refractivity contribution is 0.0531. The van der Waals surface area contributed by atoms with E-state index in [4.69, 9.17) is 9.47 Å². The van der Waals surface area contributed by atoms with Gasteiger partial charge in [0, 0.05) is 0 Å². The average Bonchev–Trinajstić information content (AvgIpc) is 2.88. The third kappa shape index (κ3) is 2.93. The van der Waals surface area contributed by atoms with E-state index in [2.05, 4.69) is 25.6 Å². The summed E-state index contributed by atoms with van der Waals surface area (Å²) < 4.78 is 10.4. The van der Waals surface area contributed by atoms with E-state index in [1.54, 1.807) is 20.0 Å². The van der Waals surface area contributed by atoms with Crippen molar-refractivity contribution in [2.45, 2.75) is 13.8 Å². The number of carbonyl (C=O) groups excluding carboxylic acids is 1. The van der Waals surface area contributed by atoms with Crippen LogP contribution in [0.5, 0.6) is 5.75 Å². The van der Waals surface area contributed by atoms with Gasteiger partial charge in [-0.15, -0.1) is 0 Å². The first-order valence-electron chi connectivity index (χ1n) is 6.82. The summed E-state index contributed by atoms with van der Waals surface area (Å²) in [6, 6.07) is 0. The molecule has 0 saturated heterocycles. The Morgan fingerprint density at radius 2 is 2.41 bits per heavy atom. The highest BCUT2D eigenvalue weighted by Gasteiger charge is 2.18. The largest absolute Gasteiger partial charge is 0.486 e. The second-order valence-electron chi connectivity index (χ2n) is 4.46. The minimum Gasteiger partial charge on any atom is -0.486 e. The zero-order valence-electron chi connectivity index (χ0n) is 12.2. The van der Waals surface area contributed by atoms with Gasteiger partial charge in [0.15, 0.2) is 16.7 Å². The number of thiazole rings is 1. The molecule has 0 atom stereocenters. The van der Waals surface area contributed by atoms with Crippen molar-refractivity contribution >= 4 is 34.2 Å². The highest BCUT2D eigenvalue weighted by atomic mass is 32.1. The van der Waals surface area contributed by atoms with E-state index in [1.807, 2.05) is 0 Å². The molecule has 116 valence electrons. The maximum absolute atomic E-state index is 11.8. The molecule has 0 aromatic carbocycles. The summed E-state index contributed by atoms with van der Waals surface area (Å²) in [6.45, 7) is 5.16. The van der Waals surface area contributed by atoms with Crippen LogP contribution in [-0.4, -0.2) is 40.7 Å². The molecular weight excluding hydrogens is 306 g/mol. The Bertz CT molecular complexity index is 703. The summed E-state index contributed by atoms with van der Waals surface area (Å²) in [6.07, 6.45) is 1.60. The molecule has 2 aromatic heterocycles. The van der Waals surface area contributed by atoms with Crippen molar-refractivity contribution in [2.24, 2.45) is 0 Å². The van der Waals surface area contributed by atoms with Crippen LogP contribution in [0.4, 0.5) is 16.9 Å². The minimum atomic E-state index is -0.369. The fourth-order valence-corrected chi connectivity index (χ4v) is 2.78. The van der Waals surface area contributed by atoms with Gasteiger partial charge in [-0.2, -0.15) is 4.98 Å². The predicted molar refractivity (Wildman–Crippen MR) is 82.1 cm³/mol. The van der Waals surface area contributed by atoms with Crippen LogP contribution in [0.1, 0.15) is 22.3 Å². The Balaban J connectivity index is 1.78. The molecule has 2 aromatic rings. The van der Waals surface area contributed by atoms with E-state index in [-0.39, 0.29) is 5.97 Å². The van der Waals surface area contributed by atoms with Crippen molar-refractivity contribution in [3.05, 3.63) is 16.8 Å². The standard InChI is InChI=1S/C13H15N5O3S/c1-3-20-11(19)9-7(2)16-13(22-9)18-12-15-6-8-10(17-12)14-4-5-21-8/h6H,3-5H2,1-2H3,(H2,14,15,16,17,18). The molecule has 0 fully saturated rings. The van der Waals surface area contributed by atoms with Crippen LogP contribution in [-0.2, 0) is 4.74 Å². The van der Waals surface area contributed by atoms with Crippen LogP contribution < -0.4 is 15.4 Å².